The van der Waals surface area contributed by atoms with E-state index in [-0.39, 0.29) is 23.9 Å². The molecule has 4 heteroatoms. The van der Waals surface area contributed by atoms with Crippen LogP contribution in [0.15, 0.2) is 48.5 Å². The Balaban J connectivity index is 1.36. The van der Waals surface area contributed by atoms with Crippen LogP contribution in [0.25, 0.3) is 0 Å². The van der Waals surface area contributed by atoms with Gasteiger partial charge in [-0.1, -0.05) is 36.4 Å². The summed E-state index contributed by atoms with van der Waals surface area (Å²) in [5.74, 6) is 0.0747. The van der Waals surface area contributed by atoms with Gasteiger partial charge < -0.3 is 10.4 Å². The summed E-state index contributed by atoms with van der Waals surface area (Å²) in [6.45, 7) is 0. The fourth-order valence-electron chi connectivity index (χ4n) is 3.74. The number of fused-ring (bicyclic) bond motifs is 3. The predicted molar refractivity (Wildman–Crippen MR) is 85.4 cm³/mol. The predicted octanol–water partition coefficient (Wildman–Crippen LogP) is 2.38. The first-order valence-electron chi connectivity index (χ1n) is 7.83. The van der Waals surface area contributed by atoms with E-state index < -0.39 is 5.97 Å². The van der Waals surface area contributed by atoms with Crippen LogP contribution in [0.2, 0.25) is 0 Å². The van der Waals surface area contributed by atoms with E-state index in [9.17, 15) is 9.59 Å². The summed E-state index contributed by atoms with van der Waals surface area (Å²) in [5, 5.41) is 12.0. The third-order valence-electron chi connectivity index (χ3n) is 4.93. The lowest BCUT2D eigenvalue weighted by molar-refractivity contribution is -0.120. The maximum Gasteiger partial charge on any atom is 0.335 e. The van der Waals surface area contributed by atoms with Gasteiger partial charge in [-0.25, -0.2) is 4.79 Å². The molecule has 0 bridgehead atoms. The molecule has 23 heavy (non-hydrogen) atoms. The SMILES string of the molecule is O=C(Cc1ccc(C(=O)O)cc1)N[C@@H]1[C@H]2Cc3ccccc3[C@H]21. The molecule has 4 rings (SSSR count). The van der Waals surface area contributed by atoms with Crippen molar-refractivity contribution in [3.8, 4) is 0 Å². The number of benzene rings is 2. The molecule has 0 aliphatic heterocycles. The Morgan fingerprint density at radius 3 is 2.57 bits per heavy atom. The van der Waals surface area contributed by atoms with Gasteiger partial charge >= 0.3 is 5.97 Å². The Labute approximate surface area is 134 Å². The summed E-state index contributed by atoms with van der Waals surface area (Å²) in [7, 11) is 0. The van der Waals surface area contributed by atoms with E-state index in [1.807, 2.05) is 0 Å². The molecule has 1 amide bonds. The molecule has 0 radical (unpaired) electrons. The van der Waals surface area contributed by atoms with Crippen molar-refractivity contribution in [2.45, 2.75) is 24.8 Å². The number of aromatic carboxylic acids is 1. The van der Waals surface area contributed by atoms with E-state index in [0.717, 1.165) is 12.0 Å². The van der Waals surface area contributed by atoms with Gasteiger partial charge in [0.15, 0.2) is 0 Å². The number of carboxylic acid groups (broad SMARTS) is 1. The molecule has 0 spiro atoms. The van der Waals surface area contributed by atoms with Crippen molar-refractivity contribution in [1.29, 1.82) is 0 Å². The lowest BCUT2D eigenvalue weighted by Crippen LogP contribution is -2.30. The van der Waals surface area contributed by atoms with Crippen LogP contribution < -0.4 is 5.32 Å². The van der Waals surface area contributed by atoms with Crippen molar-refractivity contribution in [1.82, 2.24) is 5.32 Å². The number of carbonyl (C=O) groups is 2. The van der Waals surface area contributed by atoms with Gasteiger partial charge in [-0.05, 0) is 41.2 Å². The van der Waals surface area contributed by atoms with Crippen LogP contribution in [0.5, 0.6) is 0 Å². The van der Waals surface area contributed by atoms with Crippen LogP contribution in [-0.4, -0.2) is 23.0 Å². The fourth-order valence-corrected chi connectivity index (χ4v) is 3.74. The van der Waals surface area contributed by atoms with Crippen LogP contribution >= 0.6 is 0 Å². The van der Waals surface area contributed by atoms with Gasteiger partial charge in [0.05, 0.1) is 12.0 Å². The van der Waals surface area contributed by atoms with Crippen LogP contribution in [0.3, 0.4) is 0 Å². The van der Waals surface area contributed by atoms with Crippen molar-refractivity contribution >= 4 is 11.9 Å². The number of nitrogens with one attached hydrogen (secondary N) is 1. The minimum absolute atomic E-state index is 0.00459. The lowest BCUT2D eigenvalue weighted by Gasteiger charge is -2.09. The van der Waals surface area contributed by atoms with Crippen LogP contribution in [-0.2, 0) is 17.6 Å². The highest BCUT2D eigenvalue weighted by atomic mass is 16.4. The van der Waals surface area contributed by atoms with Crippen molar-refractivity contribution in [2.24, 2.45) is 5.92 Å². The quantitative estimate of drug-likeness (QED) is 0.911. The number of hydrogen-bond donors (Lipinski definition) is 2. The average Bonchev–Trinajstić information content (AvgIpc) is 3.05. The number of amides is 1. The van der Waals surface area contributed by atoms with Crippen molar-refractivity contribution in [3.63, 3.8) is 0 Å². The van der Waals surface area contributed by atoms with Crippen molar-refractivity contribution in [2.75, 3.05) is 0 Å². The van der Waals surface area contributed by atoms with Gasteiger partial charge in [0, 0.05) is 12.0 Å². The van der Waals surface area contributed by atoms with Gasteiger partial charge in [0.2, 0.25) is 5.91 Å². The highest BCUT2D eigenvalue weighted by molar-refractivity contribution is 5.87. The van der Waals surface area contributed by atoms with E-state index in [1.54, 1.807) is 12.1 Å². The Hall–Kier alpha value is -2.62. The molecule has 0 aromatic heterocycles. The number of carbonyl (C=O) groups excluding carboxylic acids is 1. The molecule has 0 unspecified atom stereocenters. The highest BCUT2D eigenvalue weighted by Gasteiger charge is 2.56. The second kappa shape index (κ2) is 5.23. The molecule has 0 heterocycles. The Morgan fingerprint density at radius 2 is 1.83 bits per heavy atom. The molecule has 1 fully saturated rings. The third-order valence-corrected chi connectivity index (χ3v) is 4.93. The summed E-state index contributed by atoms with van der Waals surface area (Å²) >= 11 is 0. The maximum absolute atomic E-state index is 12.2. The van der Waals surface area contributed by atoms with Gasteiger partial charge in [0.1, 0.15) is 0 Å². The minimum atomic E-state index is -0.953. The average molecular weight is 307 g/mol. The molecule has 2 aliphatic rings. The standard InChI is InChI=1S/C19H17NO3/c21-16(9-11-5-7-12(8-6-11)19(22)23)20-18-15-10-13-3-1-2-4-14(13)17(15)18/h1-8,15,17-18H,9-10H2,(H,20,21)(H,22,23)/t15-,17+,18+/m0/s1. The number of rotatable bonds is 4. The normalized spacial score (nSPS) is 23.7. The highest BCUT2D eigenvalue weighted by Crippen LogP contribution is 2.56. The van der Waals surface area contributed by atoms with Gasteiger partial charge in [-0.3, -0.25) is 4.79 Å². The molecule has 4 nitrogen and oxygen atoms in total. The Bertz CT molecular complexity index is 781. The molecule has 2 aromatic rings. The summed E-state index contributed by atoms with van der Waals surface area (Å²) in [6, 6.07) is 15.2. The van der Waals surface area contributed by atoms with E-state index in [4.69, 9.17) is 5.11 Å². The molecule has 0 saturated heterocycles. The largest absolute Gasteiger partial charge is 0.478 e. The zero-order chi connectivity index (χ0) is 16.0. The first-order chi connectivity index (χ1) is 11.1. The second-order valence-corrected chi connectivity index (χ2v) is 6.36. The van der Waals surface area contributed by atoms with E-state index in [2.05, 4.69) is 29.6 Å². The topological polar surface area (TPSA) is 66.4 Å². The first-order valence-corrected chi connectivity index (χ1v) is 7.83. The molecule has 2 N–H and O–H groups in total. The van der Waals surface area contributed by atoms with Crippen LogP contribution in [0, 0.1) is 5.92 Å². The molecule has 116 valence electrons. The van der Waals surface area contributed by atoms with Gasteiger partial charge in [-0.2, -0.15) is 0 Å². The van der Waals surface area contributed by atoms with Crippen LogP contribution in [0.1, 0.15) is 33.0 Å². The Morgan fingerprint density at radius 1 is 1.09 bits per heavy atom. The second-order valence-electron chi connectivity index (χ2n) is 6.36. The summed E-state index contributed by atoms with van der Waals surface area (Å²) in [6.07, 6.45) is 1.34. The minimum Gasteiger partial charge on any atom is -0.478 e. The van der Waals surface area contributed by atoms with E-state index >= 15 is 0 Å². The van der Waals surface area contributed by atoms with Gasteiger partial charge in [0.25, 0.3) is 0 Å². The third kappa shape index (κ3) is 2.50. The molecule has 1 saturated carbocycles. The molecule has 2 aliphatic carbocycles. The van der Waals surface area contributed by atoms with E-state index in [0.29, 0.717) is 11.8 Å². The Kier molecular flexibility index (Phi) is 3.18. The maximum atomic E-state index is 12.2. The zero-order valence-corrected chi connectivity index (χ0v) is 12.5. The molecular formula is C19H17NO3. The number of hydrogen-bond acceptors (Lipinski definition) is 2. The number of carboxylic acids is 1. The fraction of sp³-hybridized carbons (Fsp3) is 0.263. The van der Waals surface area contributed by atoms with Gasteiger partial charge in [-0.15, -0.1) is 0 Å². The van der Waals surface area contributed by atoms with Crippen LogP contribution in [0.4, 0.5) is 0 Å². The summed E-state index contributed by atoms with van der Waals surface area (Å²) in [4.78, 5) is 23.0. The van der Waals surface area contributed by atoms with E-state index in [1.165, 1.54) is 23.3 Å². The zero-order valence-electron chi connectivity index (χ0n) is 12.5. The molecule has 3 atom stereocenters. The lowest BCUT2D eigenvalue weighted by atomic mass is 10.0. The monoisotopic (exact) mass is 307 g/mol. The van der Waals surface area contributed by atoms with Crippen molar-refractivity contribution in [3.05, 3.63) is 70.8 Å². The summed E-state index contributed by atoms with van der Waals surface area (Å²) < 4.78 is 0. The summed E-state index contributed by atoms with van der Waals surface area (Å²) in [5.41, 5.74) is 3.87. The first kappa shape index (κ1) is 14.0. The smallest absolute Gasteiger partial charge is 0.335 e. The molecular weight excluding hydrogens is 290 g/mol. The molecule has 2 aromatic carbocycles. The van der Waals surface area contributed by atoms with Crippen molar-refractivity contribution < 1.29 is 14.7 Å².